The van der Waals surface area contributed by atoms with E-state index >= 15 is 0 Å². The van der Waals surface area contributed by atoms with E-state index in [0.29, 0.717) is 12.8 Å². The summed E-state index contributed by atoms with van der Waals surface area (Å²) in [5, 5.41) is 21.8. The number of aliphatic hydroxyl groups excluding tert-OH is 1. The molecule has 0 aliphatic carbocycles. The molecule has 0 rings (SSSR count). The highest BCUT2D eigenvalue weighted by molar-refractivity contribution is 7.47. The standard InChI is InChI=1S/C44H78NO10P/c1-3-5-7-9-11-13-15-17-18-19-20-21-22-24-26-28-30-32-34-36-43(48)53-37-40(46)38-54-56(51,52)55-39-41(44(49)50)45-42(47)35-33-31-29-27-25-23-16-14-12-10-8-6-4-2/h8,10-11,13-14,16-18,40-41,46H,3-7,9,12,15,19-39H2,1-2H3,(H,45,47)(H,49,50)(H,51,52)/b10-8-,13-11-,16-14-,18-17-. The number of allylic oxidation sites excluding steroid dienone is 8. The van der Waals surface area contributed by atoms with Crippen LogP contribution in [0.3, 0.4) is 0 Å². The van der Waals surface area contributed by atoms with Crippen LogP contribution >= 0.6 is 7.82 Å². The van der Waals surface area contributed by atoms with Crippen LogP contribution in [0.5, 0.6) is 0 Å². The first-order chi connectivity index (χ1) is 27.1. The number of carboxylic acids is 1. The second-order valence-electron chi connectivity index (χ2n) is 14.5. The van der Waals surface area contributed by atoms with Crippen LogP contribution in [0, 0.1) is 0 Å². The summed E-state index contributed by atoms with van der Waals surface area (Å²) in [6.45, 7) is 2.48. The third-order valence-electron chi connectivity index (χ3n) is 9.07. The largest absolute Gasteiger partial charge is 0.480 e. The molecule has 3 unspecified atom stereocenters. The Balaban J connectivity index is 3.90. The van der Waals surface area contributed by atoms with Crippen LogP contribution in [-0.2, 0) is 32.7 Å². The Hall–Kier alpha value is -2.56. The molecule has 11 nitrogen and oxygen atoms in total. The lowest BCUT2D eigenvalue weighted by Gasteiger charge is -2.18. The molecular weight excluding hydrogens is 733 g/mol. The number of esters is 1. The summed E-state index contributed by atoms with van der Waals surface area (Å²) in [4.78, 5) is 45.8. The lowest BCUT2D eigenvalue weighted by atomic mass is 10.1. The molecule has 0 aromatic carbocycles. The number of ether oxygens (including phenoxy) is 1. The molecule has 12 heteroatoms. The first-order valence-corrected chi connectivity index (χ1v) is 23.2. The number of phosphoric ester groups is 1. The van der Waals surface area contributed by atoms with E-state index in [0.717, 1.165) is 83.5 Å². The summed E-state index contributed by atoms with van der Waals surface area (Å²) in [7, 11) is -4.76. The van der Waals surface area contributed by atoms with Crippen LogP contribution < -0.4 is 5.32 Å². The van der Waals surface area contributed by atoms with Gasteiger partial charge in [-0.1, -0.05) is 146 Å². The summed E-state index contributed by atoms with van der Waals surface area (Å²) in [5.74, 6) is -2.40. The van der Waals surface area contributed by atoms with E-state index in [2.05, 4.69) is 67.8 Å². The zero-order valence-electron chi connectivity index (χ0n) is 34.9. The molecule has 3 atom stereocenters. The number of aliphatic hydroxyl groups is 1. The Bertz CT molecular complexity index is 1140. The van der Waals surface area contributed by atoms with Crippen molar-refractivity contribution in [2.45, 2.75) is 193 Å². The lowest BCUT2D eigenvalue weighted by Crippen LogP contribution is -2.43. The molecule has 324 valence electrons. The van der Waals surface area contributed by atoms with Crippen molar-refractivity contribution in [3.8, 4) is 0 Å². The van der Waals surface area contributed by atoms with E-state index in [-0.39, 0.29) is 12.8 Å². The van der Waals surface area contributed by atoms with Gasteiger partial charge in [0.05, 0.1) is 13.2 Å². The molecule has 56 heavy (non-hydrogen) atoms. The van der Waals surface area contributed by atoms with Gasteiger partial charge >= 0.3 is 19.8 Å². The maximum absolute atomic E-state index is 12.3. The van der Waals surface area contributed by atoms with Gasteiger partial charge in [0.15, 0.2) is 6.04 Å². The number of hydrogen-bond acceptors (Lipinski definition) is 8. The number of aliphatic carboxylic acids is 1. The Morgan fingerprint density at radius 1 is 0.571 bits per heavy atom. The van der Waals surface area contributed by atoms with E-state index in [9.17, 15) is 34.1 Å². The maximum Gasteiger partial charge on any atom is 0.472 e. The van der Waals surface area contributed by atoms with Crippen LogP contribution in [0.1, 0.15) is 181 Å². The van der Waals surface area contributed by atoms with E-state index in [1.165, 1.54) is 57.8 Å². The Morgan fingerprint density at radius 3 is 1.52 bits per heavy atom. The van der Waals surface area contributed by atoms with E-state index in [1.54, 1.807) is 0 Å². The number of phosphoric acid groups is 1. The number of carboxylic acid groups (broad SMARTS) is 1. The average Bonchev–Trinajstić information content (AvgIpc) is 3.17. The number of amides is 1. The number of nitrogens with one attached hydrogen (secondary N) is 1. The smallest absolute Gasteiger partial charge is 0.472 e. The zero-order valence-corrected chi connectivity index (χ0v) is 35.8. The van der Waals surface area contributed by atoms with E-state index in [1.807, 2.05) is 0 Å². The lowest BCUT2D eigenvalue weighted by molar-refractivity contribution is -0.147. The van der Waals surface area contributed by atoms with Gasteiger partial charge in [0.1, 0.15) is 12.7 Å². The van der Waals surface area contributed by atoms with Crippen LogP contribution in [0.15, 0.2) is 48.6 Å². The quantitative estimate of drug-likeness (QED) is 0.0202. The molecule has 0 bridgehead atoms. The van der Waals surface area contributed by atoms with Gasteiger partial charge in [-0.05, 0) is 70.6 Å². The number of rotatable bonds is 40. The third kappa shape index (κ3) is 38.3. The molecule has 0 radical (unpaired) electrons. The second kappa shape index (κ2) is 39.3. The van der Waals surface area contributed by atoms with Crippen molar-refractivity contribution >= 4 is 25.7 Å². The second-order valence-corrected chi connectivity index (χ2v) is 16.0. The van der Waals surface area contributed by atoms with Crippen molar-refractivity contribution in [1.82, 2.24) is 5.32 Å². The van der Waals surface area contributed by atoms with Gasteiger partial charge in [0.25, 0.3) is 0 Å². The van der Waals surface area contributed by atoms with Crippen LogP contribution in [0.25, 0.3) is 0 Å². The third-order valence-corrected chi connectivity index (χ3v) is 10.0. The highest BCUT2D eigenvalue weighted by Gasteiger charge is 2.28. The van der Waals surface area contributed by atoms with Gasteiger partial charge in [-0.2, -0.15) is 0 Å². The molecule has 0 fully saturated rings. The Kier molecular flexibility index (Phi) is 37.5. The first-order valence-electron chi connectivity index (χ1n) is 21.7. The summed E-state index contributed by atoms with van der Waals surface area (Å²) in [6.07, 6.45) is 42.8. The van der Waals surface area contributed by atoms with Crippen molar-refractivity contribution < 1.29 is 47.8 Å². The summed E-state index contributed by atoms with van der Waals surface area (Å²) in [6, 6.07) is -1.55. The summed E-state index contributed by atoms with van der Waals surface area (Å²) < 4.78 is 26.8. The SMILES string of the molecule is CCC/C=C\C/C=C\CCCCCCCC(=O)NC(COP(=O)(O)OCC(O)COC(=O)CCCCCCCCCCC/C=C\C/C=C\CCCCC)C(=O)O. The fourth-order valence-corrected chi connectivity index (χ4v) is 6.45. The molecule has 1 amide bonds. The molecule has 0 aliphatic rings. The highest BCUT2D eigenvalue weighted by atomic mass is 31.2. The Morgan fingerprint density at radius 2 is 1.02 bits per heavy atom. The minimum atomic E-state index is -4.76. The van der Waals surface area contributed by atoms with Crippen molar-refractivity contribution in [2.75, 3.05) is 19.8 Å². The highest BCUT2D eigenvalue weighted by Crippen LogP contribution is 2.43. The van der Waals surface area contributed by atoms with Gasteiger partial charge < -0.3 is 25.2 Å². The normalized spacial score (nSPS) is 14.2. The van der Waals surface area contributed by atoms with Crippen molar-refractivity contribution in [3.05, 3.63) is 48.6 Å². The van der Waals surface area contributed by atoms with E-state index < -0.39 is 57.6 Å². The fourth-order valence-electron chi connectivity index (χ4n) is 5.68. The molecule has 0 saturated heterocycles. The zero-order chi connectivity index (χ0) is 41.4. The number of carbonyl (C=O) groups excluding carboxylic acids is 2. The van der Waals surface area contributed by atoms with E-state index in [4.69, 9.17) is 13.8 Å². The fraction of sp³-hybridized carbons (Fsp3) is 0.750. The van der Waals surface area contributed by atoms with Crippen molar-refractivity contribution in [1.29, 1.82) is 0 Å². The number of carbonyl (C=O) groups is 3. The minimum absolute atomic E-state index is 0.128. The number of unbranched alkanes of at least 4 members (excludes halogenated alkanes) is 18. The topological polar surface area (TPSA) is 169 Å². The predicted octanol–water partition coefficient (Wildman–Crippen LogP) is 11.0. The molecule has 0 saturated carbocycles. The van der Waals surface area contributed by atoms with Crippen LogP contribution in [0.4, 0.5) is 0 Å². The van der Waals surface area contributed by atoms with Gasteiger partial charge in [-0.15, -0.1) is 0 Å². The first kappa shape index (κ1) is 53.4. The van der Waals surface area contributed by atoms with Crippen molar-refractivity contribution in [3.63, 3.8) is 0 Å². The molecule has 0 spiro atoms. The van der Waals surface area contributed by atoms with Crippen LogP contribution in [-0.4, -0.2) is 64.9 Å². The van der Waals surface area contributed by atoms with Gasteiger partial charge in [-0.25, -0.2) is 9.36 Å². The summed E-state index contributed by atoms with van der Waals surface area (Å²) >= 11 is 0. The molecule has 4 N–H and O–H groups in total. The molecule has 0 heterocycles. The minimum Gasteiger partial charge on any atom is -0.480 e. The van der Waals surface area contributed by atoms with Gasteiger partial charge in [-0.3, -0.25) is 18.6 Å². The average molecular weight is 812 g/mol. The molecule has 0 aromatic rings. The number of hydrogen-bond donors (Lipinski definition) is 4. The monoisotopic (exact) mass is 812 g/mol. The Labute approximate surface area is 339 Å². The molecule has 0 aromatic heterocycles. The van der Waals surface area contributed by atoms with Crippen molar-refractivity contribution in [2.24, 2.45) is 0 Å². The predicted molar refractivity (Wildman–Crippen MR) is 226 cm³/mol. The molecular formula is C44H78NO10P. The summed E-state index contributed by atoms with van der Waals surface area (Å²) in [5.41, 5.74) is 0. The maximum atomic E-state index is 12.3. The van der Waals surface area contributed by atoms with Gasteiger partial charge in [0, 0.05) is 12.8 Å². The molecule has 0 aliphatic heterocycles. The van der Waals surface area contributed by atoms with Crippen LogP contribution in [0.2, 0.25) is 0 Å². The van der Waals surface area contributed by atoms with Gasteiger partial charge in [0.2, 0.25) is 5.91 Å².